The second-order valence-corrected chi connectivity index (χ2v) is 9.69. The first-order chi connectivity index (χ1) is 5.95. The molecule has 0 unspecified atom stereocenters. The highest BCUT2D eigenvalue weighted by Crippen LogP contribution is 2.04. The van der Waals surface area contributed by atoms with Crippen LogP contribution in [0.3, 0.4) is 0 Å². The zero-order chi connectivity index (χ0) is 10.3. The molecule has 0 aliphatic rings. The molecule has 2 heteroatoms. The van der Waals surface area contributed by atoms with Crippen LogP contribution in [0.25, 0.3) is 0 Å². The van der Waals surface area contributed by atoms with E-state index in [2.05, 4.69) is 32.3 Å². The fourth-order valence-electron chi connectivity index (χ4n) is 0.976. The van der Waals surface area contributed by atoms with Gasteiger partial charge in [-0.3, -0.25) is 4.79 Å². The normalized spacial score (nSPS) is 12.3. The van der Waals surface area contributed by atoms with Gasteiger partial charge in [-0.1, -0.05) is 45.1 Å². The van der Waals surface area contributed by atoms with Gasteiger partial charge in [0.1, 0.15) is 0 Å². The lowest BCUT2D eigenvalue weighted by Gasteiger charge is -2.07. The fraction of sp³-hybridized carbons (Fsp3) is 0.727. The molecule has 0 heterocycles. The monoisotopic (exact) mass is 198 g/mol. The summed E-state index contributed by atoms with van der Waals surface area (Å²) >= 11 is 0. The van der Waals surface area contributed by atoms with E-state index in [-0.39, 0.29) is 0 Å². The van der Waals surface area contributed by atoms with E-state index in [4.69, 9.17) is 0 Å². The summed E-state index contributed by atoms with van der Waals surface area (Å²) in [6.07, 6.45) is 5.93. The minimum absolute atomic E-state index is 0.302. The minimum atomic E-state index is -1.17. The maximum Gasteiger partial charge on any atom is 0.154 e. The van der Waals surface area contributed by atoms with Gasteiger partial charge in [0.2, 0.25) is 0 Å². The first-order valence-corrected chi connectivity index (χ1v) is 8.75. The highest BCUT2D eigenvalue weighted by atomic mass is 28.3. The van der Waals surface area contributed by atoms with Crippen molar-refractivity contribution in [3.63, 3.8) is 0 Å². The van der Waals surface area contributed by atoms with E-state index in [1.807, 2.05) is 0 Å². The van der Waals surface area contributed by atoms with Gasteiger partial charge in [0, 0.05) is 6.42 Å². The molecule has 0 fully saturated rings. The lowest BCUT2D eigenvalue weighted by atomic mass is 10.1. The molecule has 1 nitrogen and oxygen atoms in total. The van der Waals surface area contributed by atoms with Gasteiger partial charge in [-0.15, -0.1) is 0 Å². The lowest BCUT2D eigenvalue weighted by Crippen LogP contribution is -2.16. The standard InChI is InChI=1S/C11H22OSi/c1-5-6-7-8-11(12)9-10-13(2,3)4/h9-10H,5-8H2,1-4H3/b10-9+. The van der Waals surface area contributed by atoms with E-state index >= 15 is 0 Å². The van der Waals surface area contributed by atoms with Crippen molar-refractivity contribution in [1.82, 2.24) is 0 Å². The summed E-state index contributed by atoms with van der Waals surface area (Å²) < 4.78 is 0. The third kappa shape index (κ3) is 9.54. The Kier molecular flexibility index (Phi) is 5.96. The Morgan fingerprint density at radius 3 is 2.31 bits per heavy atom. The Labute approximate surface area is 83.2 Å². The van der Waals surface area contributed by atoms with Gasteiger partial charge in [0.25, 0.3) is 0 Å². The number of ketones is 1. The Hall–Kier alpha value is -0.373. The number of allylic oxidation sites excluding steroid dienone is 1. The number of rotatable bonds is 6. The molecule has 0 bridgehead atoms. The Morgan fingerprint density at radius 1 is 1.23 bits per heavy atom. The summed E-state index contributed by atoms with van der Waals surface area (Å²) in [6, 6.07) is 0. The van der Waals surface area contributed by atoms with E-state index in [0.29, 0.717) is 5.78 Å². The fourth-order valence-corrected chi connectivity index (χ4v) is 1.66. The molecule has 0 aliphatic carbocycles. The lowest BCUT2D eigenvalue weighted by molar-refractivity contribution is -0.114. The molecule has 0 atom stereocenters. The quantitative estimate of drug-likeness (QED) is 0.362. The molecule has 0 amide bonds. The maximum atomic E-state index is 11.3. The van der Waals surface area contributed by atoms with Crippen LogP contribution < -0.4 is 0 Å². The average Bonchev–Trinajstić information content (AvgIpc) is 2.00. The van der Waals surface area contributed by atoms with E-state index in [0.717, 1.165) is 12.8 Å². The summed E-state index contributed by atoms with van der Waals surface area (Å²) in [7, 11) is -1.17. The highest BCUT2D eigenvalue weighted by molar-refractivity contribution is 6.81. The summed E-state index contributed by atoms with van der Waals surface area (Å²) in [6.45, 7) is 8.87. The van der Waals surface area contributed by atoms with Crippen molar-refractivity contribution in [2.24, 2.45) is 0 Å². The van der Waals surface area contributed by atoms with Gasteiger partial charge in [-0.05, 0) is 12.5 Å². The number of unbranched alkanes of at least 4 members (excludes halogenated alkanes) is 2. The molecule has 0 radical (unpaired) electrons. The molecule has 0 rings (SSSR count). The number of hydrogen-bond donors (Lipinski definition) is 0. The summed E-state index contributed by atoms with van der Waals surface area (Å²) in [5.41, 5.74) is 2.13. The Balaban J connectivity index is 3.68. The van der Waals surface area contributed by atoms with Gasteiger partial charge in [-0.2, -0.15) is 0 Å². The first-order valence-electron chi connectivity index (χ1n) is 5.18. The third-order valence-corrected chi connectivity index (χ3v) is 2.96. The van der Waals surface area contributed by atoms with Crippen LogP contribution >= 0.6 is 0 Å². The average molecular weight is 198 g/mol. The molecule has 0 aromatic rings. The van der Waals surface area contributed by atoms with Crippen molar-refractivity contribution in [3.8, 4) is 0 Å². The Bertz CT molecular complexity index is 177. The number of carbonyl (C=O) groups excluding carboxylic acids is 1. The van der Waals surface area contributed by atoms with Crippen molar-refractivity contribution in [3.05, 3.63) is 11.8 Å². The van der Waals surface area contributed by atoms with Crippen molar-refractivity contribution in [2.75, 3.05) is 0 Å². The van der Waals surface area contributed by atoms with Crippen LogP contribution in [-0.2, 0) is 4.79 Å². The molecule has 0 aromatic heterocycles. The third-order valence-electron chi connectivity index (χ3n) is 1.80. The second-order valence-electron chi connectivity index (χ2n) is 4.62. The minimum Gasteiger partial charge on any atom is -0.295 e. The molecule has 0 aromatic carbocycles. The molecule has 0 spiro atoms. The molecule has 0 aliphatic heterocycles. The SMILES string of the molecule is CCCCCC(=O)/C=C/[Si](C)(C)C. The van der Waals surface area contributed by atoms with Gasteiger partial charge in [0.15, 0.2) is 5.78 Å². The van der Waals surface area contributed by atoms with Gasteiger partial charge in [0.05, 0.1) is 8.07 Å². The van der Waals surface area contributed by atoms with Crippen LogP contribution in [-0.4, -0.2) is 13.9 Å². The van der Waals surface area contributed by atoms with Gasteiger partial charge < -0.3 is 0 Å². The molecule has 0 saturated heterocycles. The molecule has 76 valence electrons. The van der Waals surface area contributed by atoms with Crippen LogP contribution in [0.2, 0.25) is 19.6 Å². The maximum absolute atomic E-state index is 11.3. The number of hydrogen-bond acceptors (Lipinski definition) is 1. The molecule has 13 heavy (non-hydrogen) atoms. The topological polar surface area (TPSA) is 17.1 Å². The largest absolute Gasteiger partial charge is 0.295 e. The van der Waals surface area contributed by atoms with Crippen molar-refractivity contribution in [2.45, 2.75) is 52.2 Å². The van der Waals surface area contributed by atoms with E-state index in [9.17, 15) is 4.79 Å². The predicted octanol–water partition coefficient (Wildman–Crippen LogP) is 3.57. The number of carbonyl (C=O) groups is 1. The molecule has 0 saturated carbocycles. The summed E-state index contributed by atoms with van der Waals surface area (Å²) in [4.78, 5) is 11.3. The van der Waals surface area contributed by atoms with Crippen LogP contribution in [0.15, 0.2) is 11.8 Å². The van der Waals surface area contributed by atoms with Crippen LogP contribution in [0.4, 0.5) is 0 Å². The zero-order valence-corrected chi connectivity index (χ0v) is 10.4. The molecule has 0 N–H and O–H groups in total. The van der Waals surface area contributed by atoms with Crippen LogP contribution in [0.1, 0.15) is 32.6 Å². The molecular weight excluding hydrogens is 176 g/mol. The van der Waals surface area contributed by atoms with Gasteiger partial charge >= 0.3 is 0 Å². The molecular formula is C11H22OSi. The van der Waals surface area contributed by atoms with E-state index in [1.54, 1.807) is 6.08 Å². The van der Waals surface area contributed by atoms with E-state index in [1.165, 1.54) is 12.8 Å². The van der Waals surface area contributed by atoms with Crippen molar-refractivity contribution in [1.29, 1.82) is 0 Å². The Morgan fingerprint density at radius 2 is 1.85 bits per heavy atom. The van der Waals surface area contributed by atoms with Gasteiger partial charge in [-0.25, -0.2) is 0 Å². The highest BCUT2D eigenvalue weighted by Gasteiger charge is 2.07. The zero-order valence-electron chi connectivity index (χ0n) is 9.39. The van der Waals surface area contributed by atoms with Crippen LogP contribution in [0.5, 0.6) is 0 Å². The summed E-state index contributed by atoms with van der Waals surface area (Å²) in [5.74, 6) is 0.302. The second kappa shape index (κ2) is 6.14. The smallest absolute Gasteiger partial charge is 0.154 e. The van der Waals surface area contributed by atoms with E-state index < -0.39 is 8.07 Å². The first kappa shape index (κ1) is 12.6. The predicted molar refractivity (Wildman–Crippen MR) is 61.6 cm³/mol. The van der Waals surface area contributed by atoms with Crippen molar-refractivity contribution < 1.29 is 4.79 Å². The summed E-state index contributed by atoms with van der Waals surface area (Å²) in [5, 5.41) is 0. The van der Waals surface area contributed by atoms with Crippen molar-refractivity contribution >= 4 is 13.9 Å². The van der Waals surface area contributed by atoms with Crippen LogP contribution in [0, 0.1) is 0 Å².